The zero-order chi connectivity index (χ0) is 21.0. The van der Waals surface area contributed by atoms with E-state index in [1.165, 1.54) is 26.2 Å². The third-order valence-corrected chi connectivity index (χ3v) is 4.31. The van der Waals surface area contributed by atoms with Crippen molar-refractivity contribution in [2.24, 2.45) is 0 Å². The smallest absolute Gasteiger partial charge is 0.339 e. The topological polar surface area (TPSA) is 108 Å². The van der Waals surface area contributed by atoms with E-state index in [-0.39, 0.29) is 17.0 Å². The summed E-state index contributed by atoms with van der Waals surface area (Å²) in [6.45, 7) is 1.43. The van der Waals surface area contributed by atoms with Crippen LogP contribution >= 0.6 is 0 Å². The van der Waals surface area contributed by atoms with Gasteiger partial charge in [-0.1, -0.05) is 36.4 Å². The molecule has 8 heteroatoms. The Kier molecular flexibility index (Phi) is 5.73. The fraction of sp³-hybridized carbons (Fsp3) is 0.143. The van der Waals surface area contributed by atoms with E-state index in [1.807, 2.05) is 36.4 Å². The van der Waals surface area contributed by atoms with Gasteiger partial charge < -0.3 is 14.8 Å². The van der Waals surface area contributed by atoms with Gasteiger partial charge in [0.05, 0.1) is 17.6 Å². The first-order valence-electron chi connectivity index (χ1n) is 8.72. The molecule has 3 aromatic rings. The van der Waals surface area contributed by atoms with Crippen LogP contribution in [0.15, 0.2) is 60.7 Å². The molecule has 0 heterocycles. The molecule has 0 aliphatic heterocycles. The van der Waals surface area contributed by atoms with Gasteiger partial charge >= 0.3 is 11.7 Å². The van der Waals surface area contributed by atoms with Gasteiger partial charge in [0.25, 0.3) is 5.91 Å². The molecule has 0 fully saturated rings. The molecule has 1 atom stereocenters. The maximum Gasteiger partial charge on any atom is 0.339 e. The SMILES string of the molecule is COc1ccc(C(=O)O[C@H](C)C(=O)Nc2cccc3ccccc23)cc1[N+](=O)[O-]. The highest BCUT2D eigenvalue weighted by atomic mass is 16.6. The molecule has 0 bridgehead atoms. The van der Waals surface area contributed by atoms with Crippen molar-refractivity contribution in [3.05, 3.63) is 76.3 Å². The predicted molar refractivity (Wildman–Crippen MR) is 107 cm³/mol. The number of anilines is 1. The Balaban J connectivity index is 1.73. The van der Waals surface area contributed by atoms with Crippen molar-refractivity contribution in [1.82, 2.24) is 0 Å². The molecule has 0 aromatic heterocycles. The number of carbonyl (C=O) groups excluding carboxylic acids is 2. The molecule has 8 nitrogen and oxygen atoms in total. The van der Waals surface area contributed by atoms with E-state index in [1.54, 1.807) is 6.07 Å². The minimum atomic E-state index is -1.11. The molecular formula is C21H18N2O6. The lowest BCUT2D eigenvalue weighted by molar-refractivity contribution is -0.385. The first-order chi connectivity index (χ1) is 13.9. The zero-order valence-corrected chi connectivity index (χ0v) is 15.7. The zero-order valence-electron chi connectivity index (χ0n) is 15.7. The number of fused-ring (bicyclic) bond motifs is 1. The fourth-order valence-electron chi connectivity index (χ4n) is 2.81. The van der Waals surface area contributed by atoms with Gasteiger partial charge in [0.1, 0.15) is 0 Å². The van der Waals surface area contributed by atoms with E-state index in [4.69, 9.17) is 9.47 Å². The quantitative estimate of drug-likeness (QED) is 0.385. The van der Waals surface area contributed by atoms with E-state index in [0.717, 1.165) is 16.8 Å². The van der Waals surface area contributed by atoms with Crippen LogP contribution in [0.25, 0.3) is 10.8 Å². The second kappa shape index (κ2) is 8.39. The second-order valence-corrected chi connectivity index (χ2v) is 6.21. The van der Waals surface area contributed by atoms with Gasteiger partial charge in [0.2, 0.25) is 0 Å². The Morgan fingerprint density at radius 3 is 2.52 bits per heavy atom. The Morgan fingerprint density at radius 2 is 1.79 bits per heavy atom. The van der Waals surface area contributed by atoms with Gasteiger partial charge in [0, 0.05) is 17.1 Å². The summed E-state index contributed by atoms with van der Waals surface area (Å²) in [5, 5.41) is 15.7. The van der Waals surface area contributed by atoms with Gasteiger partial charge in [-0.05, 0) is 30.5 Å². The van der Waals surface area contributed by atoms with E-state index >= 15 is 0 Å². The summed E-state index contributed by atoms with van der Waals surface area (Å²) < 4.78 is 10.1. The van der Waals surface area contributed by atoms with Crippen molar-refractivity contribution >= 4 is 34.0 Å². The van der Waals surface area contributed by atoms with Crippen LogP contribution in [0.1, 0.15) is 17.3 Å². The summed E-state index contributed by atoms with van der Waals surface area (Å²) >= 11 is 0. The first kappa shape index (κ1) is 19.8. The Morgan fingerprint density at radius 1 is 1.07 bits per heavy atom. The van der Waals surface area contributed by atoms with Crippen LogP contribution in [-0.4, -0.2) is 30.0 Å². The number of nitrogens with one attached hydrogen (secondary N) is 1. The maximum atomic E-state index is 12.5. The van der Waals surface area contributed by atoms with Crippen molar-refractivity contribution in [3.63, 3.8) is 0 Å². The number of methoxy groups -OCH3 is 1. The number of nitro groups is 1. The summed E-state index contributed by atoms with van der Waals surface area (Å²) in [6.07, 6.45) is -1.11. The van der Waals surface area contributed by atoms with Crippen LogP contribution in [0.2, 0.25) is 0 Å². The van der Waals surface area contributed by atoms with E-state index in [0.29, 0.717) is 5.69 Å². The third kappa shape index (κ3) is 4.32. The van der Waals surface area contributed by atoms with Crippen molar-refractivity contribution in [2.45, 2.75) is 13.0 Å². The van der Waals surface area contributed by atoms with Gasteiger partial charge in [-0.2, -0.15) is 0 Å². The van der Waals surface area contributed by atoms with Gasteiger partial charge in [-0.15, -0.1) is 0 Å². The number of amides is 1. The van der Waals surface area contributed by atoms with Crippen LogP contribution in [0, 0.1) is 10.1 Å². The molecule has 0 radical (unpaired) electrons. The van der Waals surface area contributed by atoms with E-state index < -0.39 is 22.9 Å². The van der Waals surface area contributed by atoms with Gasteiger partial charge in [-0.3, -0.25) is 14.9 Å². The van der Waals surface area contributed by atoms with Crippen molar-refractivity contribution in [3.8, 4) is 5.75 Å². The van der Waals surface area contributed by atoms with Crippen LogP contribution in [0.4, 0.5) is 11.4 Å². The molecule has 0 saturated carbocycles. The molecule has 0 aliphatic rings. The highest BCUT2D eigenvalue weighted by molar-refractivity contribution is 6.04. The average molecular weight is 394 g/mol. The highest BCUT2D eigenvalue weighted by Gasteiger charge is 2.23. The number of esters is 1. The number of carbonyl (C=O) groups is 2. The van der Waals surface area contributed by atoms with Gasteiger partial charge in [-0.25, -0.2) is 4.79 Å². The van der Waals surface area contributed by atoms with Crippen molar-refractivity contribution in [2.75, 3.05) is 12.4 Å². The summed E-state index contributed by atoms with van der Waals surface area (Å²) in [5.41, 5.74) is 0.174. The largest absolute Gasteiger partial charge is 0.490 e. The van der Waals surface area contributed by atoms with Crippen molar-refractivity contribution in [1.29, 1.82) is 0 Å². The molecule has 0 aliphatic carbocycles. The van der Waals surface area contributed by atoms with E-state index in [2.05, 4.69) is 5.32 Å². The summed E-state index contributed by atoms with van der Waals surface area (Å²) in [7, 11) is 1.29. The lowest BCUT2D eigenvalue weighted by Crippen LogP contribution is -2.30. The minimum Gasteiger partial charge on any atom is -0.490 e. The normalized spacial score (nSPS) is 11.5. The number of benzene rings is 3. The van der Waals surface area contributed by atoms with Crippen molar-refractivity contribution < 1.29 is 24.0 Å². The Bertz CT molecular complexity index is 1090. The molecule has 148 valence electrons. The molecule has 0 unspecified atom stereocenters. The molecule has 1 amide bonds. The minimum absolute atomic E-state index is 0.0216. The summed E-state index contributed by atoms with van der Waals surface area (Å²) in [6, 6.07) is 16.7. The van der Waals surface area contributed by atoms with E-state index in [9.17, 15) is 19.7 Å². The third-order valence-electron chi connectivity index (χ3n) is 4.31. The number of nitro benzene ring substituents is 1. The first-order valence-corrected chi connectivity index (χ1v) is 8.72. The average Bonchev–Trinajstić information content (AvgIpc) is 2.73. The summed E-state index contributed by atoms with van der Waals surface area (Å²) in [5.74, 6) is -1.35. The number of nitrogens with zero attached hydrogens (tertiary/aromatic N) is 1. The summed E-state index contributed by atoms with van der Waals surface area (Å²) in [4.78, 5) is 35.3. The van der Waals surface area contributed by atoms with Gasteiger partial charge in [0.15, 0.2) is 11.9 Å². The number of rotatable bonds is 6. The standard InChI is InChI=1S/C21H18N2O6/c1-13(20(24)22-17-9-5-7-14-6-3-4-8-16(14)17)29-21(25)15-10-11-19(28-2)18(12-15)23(26)27/h3-13H,1-2H3,(H,22,24)/t13-/m1/s1. The Labute approximate surface area is 166 Å². The van der Waals surface area contributed by atoms with Crippen LogP contribution in [0.5, 0.6) is 5.75 Å². The monoisotopic (exact) mass is 394 g/mol. The van der Waals surface area contributed by atoms with Crippen LogP contribution < -0.4 is 10.1 Å². The van der Waals surface area contributed by atoms with Crippen LogP contribution in [-0.2, 0) is 9.53 Å². The number of ether oxygens (including phenoxy) is 2. The molecule has 3 rings (SSSR count). The molecular weight excluding hydrogens is 376 g/mol. The lowest BCUT2D eigenvalue weighted by atomic mass is 10.1. The molecule has 0 saturated heterocycles. The maximum absolute atomic E-state index is 12.5. The molecule has 29 heavy (non-hydrogen) atoms. The molecule has 1 N–H and O–H groups in total. The number of hydrogen-bond donors (Lipinski definition) is 1. The highest BCUT2D eigenvalue weighted by Crippen LogP contribution is 2.28. The molecule has 0 spiro atoms. The molecule has 3 aromatic carbocycles. The second-order valence-electron chi connectivity index (χ2n) is 6.21. The Hall–Kier alpha value is -3.94. The van der Waals surface area contributed by atoms with Crippen LogP contribution in [0.3, 0.4) is 0 Å². The fourth-order valence-corrected chi connectivity index (χ4v) is 2.81. The lowest BCUT2D eigenvalue weighted by Gasteiger charge is -2.15. The number of hydrogen-bond acceptors (Lipinski definition) is 6. The predicted octanol–water partition coefficient (Wildman–Crippen LogP) is 3.94.